The third-order valence-corrected chi connectivity index (χ3v) is 5.73. The second-order valence-electron chi connectivity index (χ2n) is 9.28. The molecule has 0 fully saturated rings. The van der Waals surface area contributed by atoms with E-state index in [2.05, 4.69) is 26.2 Å². The van der Waals surface area contributed by atoms with E-state index in [1.165, 1.54) is 12.1 Å². The van der Waals surface area contributed by atoms with Crippen molar-refractivity contribution in [3.8, 4) is 0 Å². The van der Waals surface area contributed by atoms with Gasteiger partial charge in [0.05, 0.1) is 17.5 Å². The number of benzene rings is 2. The van der Waals surface area contributed by atoms with E-state index in [0.717, 1.165) is 5.56 Å². The Hall–Kier alpha value is -5.01. The Kier molecular flexibility index (Phi) is 13.2. The molecule has 41 heavy (non-hydrogen) atoms. The van der Waals surface area contributed by atoms with Crippen molar-refractivity contribution < 1.29 is 23.9 Å². The van der Waals surface area contributed by atoms with Gasteiger partial charge in [0.2, 0.25) is 11.8 Å². The number of nitrogens with zero attached hydrogens (tertiary/aromatic N) is 3. The minimum atomic E-state index is -1.17. The molecular formula is C27H36N8O6. The summed E-state index contributed by atoms with van der Waals surface area (Å²) in [4.78, 5) is 66.3. The molecule has 0 unspecified atom stereocenters. The average Bonchev–Trinajstić information content (AvgIpc) is 2.96. The highest BCUT2D eigenvalue weighted by molar-refractivity contribution is 5.99. The number of nitrogens with two attached hydrogens (primary N) is 2. The number of anilines is 1. The fraction of sp³-hybridized carbons (Fsp3) is 0.370. The third-order valence-electron chi connectivity index (χ3n) is 5.73. The van der Waals surface area contributed by atoms with E-state index in [-0.39, 0.29) is 37.1 Å². The number of ether oxygens (including phenoxy) is 1. The molecule has 0 aliphatic rings. The molecule has 4 amide bonds. The van der Waals surface area contributed by atoms with Crippen molar-refractivity contribution in [1.82, 2.24) is 16.0 Å². The minimum absolute atomic E-state index is 0.0236. The Morgan fingerprint density at radius 3 is 2.17 bits per heavy atom. The van der Waals surface area contributed by atoms with Gasteiger partial charge >= 0.3 is 6.09 Å². The first-order chi connectivity index (χ1) is 19.6. The van der Waals surface area contributed by atoms with Crippen LogP contribution >= 0.6 is 0 Å². The van der Waals surface area contributed by atoms with Gasteiger partial charge in [-0.2, -0.15) is 5.01 Å². The molecule has 0 bridgehead atoms. The maximum absolute atomic E-state index is 13.1. The summed E-state index contributed by atoms with van der Waals surface area (Å²) in [6, 6.07) is 14.9. The van der Waals surface area contributed by atoms with Crippen LogP contribution in [-0.4, -0.2) is 54.9 Å². The highest BCUT2D eigenvalue weighted by Gasteiger charge is 2.29. The van der Waals surface area contributed by atoms with Gasteiger partial charge in [0.1, 0.15) is 18.7 Å². The van der Waals surface area contributed by atoms with Crippen LogP contribution in [0.25, 0.3) is 0 Å². The molecule has 0 radical (unpaired) electrons. The first-order valence-electron chi connectivity index (χ1n) is 12.9. The van der Waals surface area contributed by atoms with Crippen LogP contribution in [0.15, 0.2) is 70.9 Å². The number of amides is 4. The summed E-state index contributed by atoms with van der Waals surface area (Å²) in [5.74, 6) is -2.56. The fourth-order valence-electron chi connectivity index (χ4n) is 3.64. The second-order valence-corrected chi connectivity index (χ2v) is 9.28. The number of alkyl carbamates (subject to hydrolysis) is 1. The molecule has 220 valence electrons. The Balaban J connectivity index is 1.99. The van der Waals surface area contributed by atoms with Crippen molar-refractivity contribution in [1.29, 1.82) is 0 Å². The molecule has 2 aromatic carbocycles. The van der Waals surface area contributed by atoms with Gasteiger partial charge in [-0.15, -0.1) is 4.91 Å². The molecule has 14 heteroatoms. The van der Waals surface area contributed by atoms with Crippen LogP contribution in [0.3, 0.4) is 0 Å². The smallest absolute Gasteiger partial charge is 0.408 e. The van der Waals surface area contributed by atoms with Gasteiger partial charge in [0, 0.05) is 6.54 Å². The van der Waals surface area contributed by atoms with Crippen molar-refractivity contribution in [3.05, 3.63) is 71.1 Å². The van der Waals surface area contributed by atoms with Crippen LogP contribution in [0.5, 0.6) is 0 Å². The number of nitrogens with one attached hydrogen (secondary N) is 3. The number of carbonyl (C=O) groups is 4. The van der Waals surface area contributed by atoms with Crippen LogP contribution in [0.1, 0.15) is 32.3 Å². The summed E-state index contributed by atoms with van der Waals surface area (Å²) in [5, 5.41) is 10.9. The van der Waals surface area contributed by atoms with Gasteiger partial charge in [-0.1, -0.05) is 62.4 Å². The zero-order valence-corrected chi connectivity index (χ0v) is 23.0. The summed E-state index contributed by atoms with van der Waals surface area (Å²) in [6.45, 7) is 3.14. The van der Waals surface area contributed by atoms with Gasteiger partial charge in [0.15, 0.2) is 5.96 Å². The second kappa shape index (κ2) is 16.8. The number of aliphatic imine (C=N–C) groups is 1. The zero-order chi connectivity index (χ0) is 30.2. The predicted molar refractivity (Wildman–Crippen MR) is 153 cm³/mol. The highest BCUT2D eigenvalue weighted by atomic mass is 16.5. The van der Waals surface area contributed by atoms with E-state index in [1.54, 1.807) is 44.2 Å². The molecule has 7 N–H and O–H groups in total. The van der Waals surface area contributed by atoms with Crippen LogP contribution in [-0.2, 0) is 25.7 Å². The molecule has 0 aromatic heterocycles. The lowest BCUT2D eigenvalue weighted by Gasteiger charge is -2.23. The molecule has 0 aliphatic carbocycles. The lowest BCUT2D eigenvalue weighted by Crippen LogP contribution is -2.53. The van der Waals surface area contributed by atoms with Crippen LogP contribution in [0, 0.1) is 10.8 Å². The molecule has 2 atom stereocenters. The molecular weight excluding hydrogens is 532 g/mol. The molecule has 2 aromatic rings. The number of carbonyl (C=O) groups excluding carboxylic acids is 4. The van der Waals surface area contributed by atoms with Crippen molar-refractivity contribution in [2.75, 3.05) is 18.1 Å². The lowest BCUT2D eigenvalue weighted by atomic mass is 10.0. The summed E-state index contributed by atoms with van der Waals surface area (Å²) in [6.07, 6.45) is -0.411. The number of rotatable bonds is 15. The summed E-state index contributed by atoms with van der Waals surface area (Å²) in [7, 11) is 0. The fourth-order valence-corrected chi connectivity index (χ4v) is 3.64. The predicted octanol–water partition coefficient (Wildman–Crippen LogP) is 1.31. The topological polar surface area (TPSA) is 211 Å². The SMILES string of the molecule is CC(C)[C@H](NC(=O)OCc1ccccc1)C(=O)NCC(=O)N[C@@H](CCCN=C(N)N)C(=O)N(N=O)c1ccccc1. The molecule has 0 aliphatic heterocycles. The normalized spacial score (nSPS) is 11.9. The van der Waals surface area contributed by atoms with E-state index in [1.807, 2.05) is 18.2 Å². The number of para-hydroxylation sites is 1. The highest BCUT2D eigenvalue weighted by Crippen LogP contribution is 2.16. The molecule has 14 nitrogen and oxygen atoms in total. The molecule has 0 heterocycles. The number of hydrogen-bond acceptors (Lipinski definition) is 8. The van der Waals surface area contributed by atoms with Gasteiger partial charge in [-0.25, -0.2) is 4.79 Å². The van der Waals surface area contributed by atoms with E-state index in [4.69, 9.17) is 16.2 Å². The van der Waals surface area contributed by atoms with Crippen molar-refractivity contribution in [3.63, 3.8) is 0 Å². The minimum Gasteiger partial charge on any atom is -0.445 e. The van der Waals surface area contributed by atoms with E-state index >= 15 is 0 Å². The van der Waals surface area contributed by atoms with Crippen molar-refractivity contribution >= 4 is 35.5 Å². The number of hydrogen-bond donors (Lipinski definition) is 5. The van der Waals surface area contributed by atoms with Gasteiger partial charge < -0.3 is 32.2 Å². The third kappa shape index (κ3) is 11.3. The van der Waals surface area contributed by atoms with E-state index < -0.39 is 42.4 Å². The summed E-state index contributed by atoms with van der Waals surface area (Å²) in [5.41, 5.74) is 11.7. The van der Waals surface area contributed by atoms with Gasteiger partial charge in [-0.3, -0.25) is 19.4 Å². The largest absolute Gasteiger partial charge is 0.445 e. The molecule has 0 spiro atoms. The Labute approximate surface area is 237 Å². The molecule has 0 saturated carbocycles. The zero-order valence-electron chi connectivity index (χ0n) is 23.0. The Bertz CT molecular complexity index is 1190. The molecule has 2 rings (SSSR count). The average molecular weight is 569 g/mol. The van der Waals surface area contributed by atoms with Crippen molar-refractivity contribution in [2.24, 2.45) is 27.7 Å². The summed E-state index contributed by atoms with van der Waals surface area (Å²) >= 11 is 0. The quantitative estimate of drug-likeness (QED) is 0.0693. The van der Waals surface area contributed by atoms with Crippen LogP contribution < -0.4 is 32.4 Å². The van der Waals surface area contributed by atoms with Crippen LogP contribution in [0.4, 0.5) is 10.5 Å². The lowest BCUT2D eigenvalue weighted by molar-refractivity contribution is -0.129. The maximum Gasteiger partial charge on any atom is 0.408 e. The first kappa shape index (κ1) is 32.2. The van der Waals surface area contributed by atoms with Gasteiger partial charge in [0.25, 0.3) is 5.91 Å². The number of guanidine groups is 1. The van der Waals surface area contributed by atoms with Gasteiger partial charge in [-0.05, 0) is 36.5 Å². The standard InChI is InChI=1S/C27H36N8O6/c1-18(2)23(33-27(39)41-17-19-10-5-3-6-11-19)24(37)31-16-22(36)32-21(14-9-15-30-26(28)29)25(38)35(34-40)20-12-7-4-8-13-20/h3-8,10-13,18,21,23H,9,14-17H2,1-2H3,(H,31,37)(H,32,36)(H,33,39)(H4,28,29,30)/t21-,23-/m0/s1. The van der Waals surface area contributed by atoms with E-state index in [9.17, 15) is 24.1 Å². The maximum atomic E-state index is 13.1. The van der Waals surface area contributed by atoms with Crippen LogP contribution in [0.2, 0.25) is 0 Å². The van der Waals surface area contributed by atoms with Crippen molar-refractivity contribution in [2.45, 2.75) is 45.4 Å². The molecule has 0 saturated heterocycles. The summed E-state index contributed by atoms with van der Waals surface area (Å²) < 4.78 is 5.18. The Morgan fingerprint density at radius 1 is 0.951 bits per heavy atom. The monoisotopic (exact) mass is 568 g/mol. The number of nitroso groups, excluding NO2 is 1. The van der Waals surface area contributed by atoms with E-state index in [0.29, 0.717) is 11.4 Å². The Morgan fingerprint density at radius 2 is 1.59 bits per heavy atom. The first-order valence-corrected chi connectivity index (χ1v) is 12.9.